The molecular formula is C38H34F5NO14. The lowest BCUT2D eigenvalue weighted by atomic mass is 9.98. The molecule has 0 spiro atoms. The first-order chi connectivity index (χ1) is 27.5. The zero-order valence-corrected chi connectivity index (χ0v) is 30.9. The number of esters is 5. The highest BCUT2D eigenvalue weighted by Crippen LogP contribution is 2.44. The van der Waals surface area contributed by atoms with E-state index in [1.807, 2.05) is 36.4 Å². The van der Waals surface area contributed by atoms with Crippen LogP contribution in [0.4, 0.5) is 26.7 Å². The molecule has 0 aromatic heterocycles. The van der Waals surface area contributed by atoms with Gasteiger partial charge in [-0.2, -0.15) is 8.78 Å². The Morgan fingerprint density at radius 1 is 0.638 bits per heavy atom. The summed E-state index contributed by atoms with van der Waals surface area (Å²) in [6.07, 6.45) is -10.0. The lowest BCUT2D eigenvalue weighted by Gasteiger charge is -2.44. The maximum atomic E-state index is 14.6. The number of carbonyl (C=O) groups excluding carboxylic acids is 6. The van der Waals surface area contributed by atoms with Gasteiger partial charge in [-0.05, 0) is 22.3 Å². The fourth-order valence-electron chi connectivity index (χ4n) is 6.31. The van der Waals surface area contributed by atoms with E-state index in [1.165, 1.54) is 0 Å². The molecule has 2 aliphatic rings. The van der Waals surface area contributed by atoms with Gasteiger partial charge in [-0.15, -0.1) is 0 Å². The van der Waals surface area contributed by atoms with Crippen molar-refractivity contribution >= 4 is 35.9 Å². The number of carbonyl (C=O) groups is 6. The molecule has 1 heterocycles. The predicted octanol–water partition coefficient (Wildman–Crippen LogP) is 4.29. The second-order valence-electron chi connectivity index (χ2n) is 12.7. The Hall–Kier alpha value is -6.15. The van der Waals surface area contributed by atoms with Crippen molar-refractivity contribution in [1.29, 1.82) is 0 Å². The van der Waals surface area contributed by atoms with Gasteiger partial charge >= 0.3 is 35.9 Å². The van der Waals surface area contributed by atoms with E-state index in [-0.39, 0.29) is 6.61 Å². The van der Waals surface area contributed by atoms with Crippen LogP contribution < -0.4 is 10.1 Å². The second kappa shape index (κ2) is 18.4. The van der Waals surface area contributed by atoms with Crippen molar-refractivity contribution in [2.24, 2.45) is 0 Å². The smallest absolute Gasteiger partial charge is 0.407 e. The minimum atomic E-state index is -2.55. The maximum absolute atomic E-state index is 14.6. The summed E-state index contributed by atoms with van der Waals surface area (Å²) in [5, 5.41) is 2.06. The van der Waals surface area contributed by atoms with Gasteiger partial charge in [0.15, 0.2) is 30.6 Å². The number of fused-ring (bicyclic) bond motifs is 3. The van der Waals surface area contributed by atoms with Crippen LogP contribution in [-0.4, -0.2) is 92.5 Å². The Kier molecular flexibility index (Phi) is 13.6. The summed E-state index contributed by atoms with van der Waals surface area (Å²) in [4.78, 5) is 74.9. The summed E-state index contributed by atoms with van der Waals surface area (Å²) in [5.74, 6) is -20.7. The van der Waals surface area contributed by atoms with E-state index in [9.17, 15) is 50.7 Å². The van der Waals surface area contributed by atoms with Crippen molar-refractivity contribution in [2.45, 2.75) is 70.4 Å². The molecule has 1 fully saturated rings. The van der Waals surface area contributed by atoms with Gasteiger partial charge in [0.1, 0.15) is 19.3 Å². The van der Waals surface area contributed by atoms with E-state index in [4.69, 9.17) is 33.2 Å². The van der Waals surface area contributed by atoms with Gasteiger partial charge in [-0.1, -0.05) is 48.5 Å². The number of hydrogen-bond donors (Lipinski definition) is 1. The third kappa shape index (κ3) is 9.68. The number of amides is 1. The second-order valence-corrected chi connectivity index (χ2v) is 12.7. The summed E-state index contributed by atoms with van der Waals surface area (Å²) in [5.41, 5.74) is 3.33. The molecule has 1 amide bonds. The Balaban J connectivity index is 1.44. The standard InChI is InChI=1S/C38H34F5NO14/c1-16(45)51-15-26-32(54-17(2)46)34(55-18(3)47)35(56-19(4)48)37(57-26)52-14-25(36(49)58-33-30(42)28(40)27(39)29(41)31(33)43)44-38(50)53-13-24-22-11-7-5-9-20(22)21-10-6-8-12-23(21)24/h5-12,24-26,32,34-35,37H,13-15H2,1-4H3,(H,44,50)/t25-,26?,32+,34+,35?,37+/m0/s1. The molecule has 58 heavy (non-hydrogen) atoms. The average Bonchev–Trinajstić information content (AvgIpc) is 3.49. The van der Waals surface area contributed by atoms with Crippen LogP contribution in [0, 0.1) is 29.1 Å². The molecule has 1 N–H and O–H groups in total. The number of rotatable bonds is 13. The van der Waals surface area contributed by atoms with E-state index >= 15 is 0 Å². The maximum Gasteiger partial charge on any atom is 0.407 e. The van der Waals surface area contributed by atoms with Gasteiger partial charge in [0, 0.05) is 33.6 Å². The molecule has 3 aromatic rings. The van der Waals surface area contributed by atoms with Crippen LogP contribution in [0.25, 0.3) is 11.1 Å². The number of alkyl carbamates (subject to hydrolysis) is 1. The van der Waals surface area contributed by atoms with Crippen molar-refractivity contribution in [3.8, 4) is 16.9 Å². The average molecular weight is 824 g/mol. The molecule has 2 unspecified atom stereocenters. The van der Waals surface area contributed by atoms with Gasteiger partial charge in [-0.3, -0.25) is 19.2 Å². The number of hydrogen-bond acceptors (Lipinski definition) is 14. The summed E-state index contributed by atoms with van der Waals surface area (Å²) >= 11 is 0. The third-order valence-electron chi connectivity index (χ3n) is 8.67. The normalized spacial score (nSPS) is 20.1. The van der Waals surface area contributed by atoms with Gasteiger partial charge in [0.2, 0.25) is 34.8 Å². The largest absolute Gasteiger partial charge is 0.463 e. The molecule has 6 atom stereocenters. The monoisotopic (exact) mass is 823 g/mol. The Labute approximate surface area is 325 Å². The zero-order chi connectivity index (χ0) is 42.4. The fraction of sp³-hybridized carbons (Fsp3) is 0.368. The SMILES string of the molecule is CC(=O)OCC1O[C@@H](OC[C@H](NC(=O)OCC2c3ccccc3-c3ccccc32)C(=O)Oc2c(F)c(F)c(F)c(F)c2F)C(OC(C)=O)[C@H](OC(C)=O)[C@@H]1OC(C)=O. The quantitative estimate of drug-likeness (QED) is 0.0642. The molecule has 15 nitrogen and oxygen atoms in total. The molecule has 1 aliphatic heterocycles. The van der Waals surface area contributed by atoms with E-state index < -0.39 is 127 Å². The summed E-state index contributed by atoms with van der Waals surface area (Å²) in [6, 6.07) is 12.3. The van der Waals surface area contributed by atoms with E-state index in [0.29, 0.717) is 0 Å². The molecule has 0 bridgehead atoms. The zero-order valence-electron chi connectivity index (χ0n) is 30.9. The van der Waals surface area contributed by atoms with Gasteiger partial charge in [0.25, 0.3) is 0 Å². The van der Waals surface area contributed by atoms with Crippen molar-refractivity contribution in [1.82, 2.24) is 5.32 Å². The van der Waals surface area contributed by atoms with Crippen LogP contribution in [0.1, 0.15) is 44.7 Å². The molecule has 310 valence electrons. The first kappa shape index (κ1) is 43.0. The van der Waals surface area contributed by atoms with E-state index in [2.05, 4.69) is 10.1 Å². The van der Waals surface area contributed by atoms with E-state index in [0.717, 1.165) is 49.9 Å². The summed E-state index contributed by atoms with van der Waals surface area (Å²) in [7, 11) is 0. The van der Waals surface area contributed by atoms with Crippen LogP contribution in [0.3, 0.4) is 0 Å². The summed E-state index contributed by atoms with van der Waals surface area (Å²) < 4.78 is 113. The molecule has 20 heteroatoms. The van der Waals surface area contributed by atoms with Crippen molar-refractivity contribution in [3.63, 3.8) is 0 Å². The highest BCUT2D eigenvalue weighted by Gasteiger charge is 2.53. The molecule has 0 radical (unpaired) electrons. The van der Waals surface area contributed by atoms with Gasteiger partial charge in [0.05, 0.1) is 6.61 Å². The molecule has 5 rings (SSSR count). The van der Waals surface area contributed by atoms with Crippen LogP contribution >= 0.6 is 0 Å². The molecule has 0 saturated carbocycles. The predicted molar refractivity (Wildman–Crippen MR) is 182 cm³/mol. The van der Waals surface area contributed by atoms with Crippen molar-refractivity contribution in [3.05, 3.63) is 88.7 Å². The van der Waals surface area contributed by atoms with Gasteiger partial charge < -0.3 is 43.2 Å². The summed E-state index contributed by atoms with van der Waals surface area (Å²) in [6.45, 7) is 1.72. The van der Waals surface area contributed by atoms with Crippen LogP contribution in [0.15, 0.2) is 48.5 Å². The molecule has 1 aliphatic carbocycles. The van der Waals surface area contributed by atoms with Crippen LogP contribution in [-0.2, 0) is 57.1 Å². The number of nitrogens with one attached hydrogen (secondary N) is 1. The Morgan fingerprint density at radius 3 is 1.67 bits per heavy atom. The molecular weight excluding hydrogens is 789 g/mol. The first-order valence-corrected chi connectivity index (χ1v) is 17.2. The number of halogens is 5. The van der Waals surface area contributed by atoms with Crippen molar-refractivity contribution < 1.29 is 88.6 Å². The lowest BCUT2D eigenvalue weighted by molar-refractivity contribution is -0.308. The number of benzene rings is 3. The Bertz CT molecular complexity index is 2030. The fourth-order valence-corrected chi connectivity index (χ4v) is 6.31. The highest BCUT2D eigenvalue weighted by atomic mass is 19.2. The minimum Gasteiger partial charge on any atom is -0.463 e. The van der Waals surface area contributed by atoms with Crippen LogP contribution in [0.2, 0.25) is 0 Å². The number of ether oxygens (including phenoxy) is 8. The lowest BCUT2D eigenvalue weighted by Crippen LogP contribution is -2.63. The third-order valence-corrected chi connectivity index (χ3v) is 8.67. The van der Waals surface area contributed by atoms with Crippen molar-refractivity contribution in [2.75, 3.05) is 19.8 Å². The topological polar surface area (TPSA) is 188 Å². The highest BCUT2D eigenvalue weighted by molar-refractivity contribution is 5.83. The van der Waals surface area contributed by atoms with Crippen LogP contribution in [0.5, 0.6) is 5.75 Å². The van der Waals surface area contributed by atoms with E-state index in [1.54, 1.807) is 12.1 Å². The van der Waals surface area contributed by atoms with Gasteiger partial charge in [-0.25, -0.2) is 22.8 Å². The Morgan fingerprint density at radius 2 is 1.14 bits per heavy atom. The molecule has 3 aromatic carbocycles. The minimum absolute atomic E-state index is 0.320. The molecule has 1 saturated heterocycles. The first-order valence-electron chi connectivity index (χ1n) is 17.2.